The van der Waals surface area contributed by atoms with E-state index in [0.29, 0.717) is 11.1 Å². The Balaban J connectivity index is 2.02. The molecule has 0 saturated carbocycles. The number of carbonyl (C=O) groups excluding carboxylic acids is 1. The second-order valence-electron chi connectivity index (χ2n) is 4.31. The quantitative estimate of drug-likeness (QED) is 0.590. The van der Waals surface area contributed by atoms with Gasteiger partial charge in [0.05, 0.1) is 6.21 Å². The number of aryl methyl sites for hydroxylation is 1. The summed E-state index contributed by atoms with van der Waals surface area (Å²) in [5.74, 6) is -0.485. The number of nitrogens with one attached hydrogen (secondary N) is 1. The first kappa shape index (κ1) is 13.6. The summed E-state index contributed by atoms with van der Waals surface area (Å²) in [6, 6.07) is 11.2. The van der Waals surface area contributed by atoms with Crippen LogP contribution in [-0.2, 0) is 0 Å². The summed E-state index contributed by atoms with van der Waals surface area (Å²) in [7, 11) is 0. The number of hydrogen-bond acceptors (Lipinski definition) is 4. The highest BCUT2D eigenvalue weighted by atomic mass is 16.3. The van der Waals surface area contributed by atoms with Crippen LogP contribution in [0.1, 0.15) is 21.5 Å². The molecule has 0 saturated heterocycles. The topological polar surface area (TPSA) is 81.9 Å². The molecule has 0 radical (unpaired) electrons. The molecular formula is C15H14N2O3. The van der Waals surface area contributed by atoms with Crippen LogP contribution in [0.15, 0.2) is 47.6 Å². The fourth-order valence-corrected chi connectivity index (χ4v) is 1.57. The predicted octanol–water partition coefficient (Wildman–Crippen LogP) is 2.17. The van der Waals surface area contributed by atoms with E-state index in [-0.39, 0.29) is 17.4 Å². The third kappa shape index (κ3) is 3.35. The molecule has 0 bridgehead atoms. The fourth-order valence-electron chi connectivity index (χ4n) is 1.57. The summed E-state index contributed by atoms with van der Waals surface area (Å²) in [5, 5.41) is 22.5. The first-order valence-electron chi connectivity index (χ1n) is 5.98. The van der Waals surface area contributed by atoms with Crippen molar-refractivity contribution in [1.82, 2.24) is 5.43 Å². The maximum atomic E-state index is 11.8. The van der Waals surface area contributed by atoms with E-state index in [9.17, 15) is 9.90 Å². The van der Waals surface area contributed by atoms with Gasteiger partial charge in [0.25, 0.3) is 5.91 Å². The van der Waals surface area contributed by atoms with E-state index in [1.54, 1.807) is 12.1 Å². The second-order valence-corrected chi connectivity index (χ2v) is 4.31. The molecule has 0 heterocycles. The second kappa shape index (κ2) is 5.88. The number of carbonyl (C=O) groups is 1. The lowest BCUT2D eigenvalue weighted by atomic mass is 10.1. The third-order valence-electron chi connectivity index (χ3n) is 2.70. The van der Waals surface area contributed by atoms with Gasteiger partial charge in [-0.05, 0) is 31.2 Å². The first-order chi connectivity index (χ1) is 9.56. The highest BCUT2D eigenvalue weighted by Crippen LogP contribution is 2.20. The van der Waals surface area contributed by atoms with Gasteiger partial charge in [0.2, 0.25) is 0 Å². The van der Waals surface area contributed by atoms with Crippen LogP contribution in [0.2, 0.25) is 0 Å². The third-order valence-corrected chi connectivity index (χ3v) is 2.70. The minimum absolute atomic E-state index is 0.0386. The molecule has 5 nitrogen and oxygen atoms in total. The Labute approximate surface area is 116 Å². The number of benzene rings is 2. The molecule has 0 aromatic heterocycles. The van der Waals surface area contributed by atoms with E-state index in [4.69, 9.17) is 5.11 Å². The van der Waals surface area contributed by atoms with Gasteiger partial charge in [0.1, 0.15) is 11.5 Å². The predicted molar refractivity (Wildman–Crippen MR) is 76.0 cm³/mol. The summed E-state index contributed by atoms with van der Waals surface area (Å²) >= 11 is 0. The lowest BCUT2D eigenvalue weighted by Gasteiger charge is -2.01. The highest BCUT2D eigenvalue weighted by molar-refractivity contribution is 5.95. The van der Waals surface area contributed by atoms with Gasteiger partial charge in [-0.25, -0.2) is 5.43 Å². The Morgan fingerprint density at radius 3 is 2.50 bits per heavy atom. The van der Waals surface area contributed by atoms with E-state index in [0.717, 1.165) is 5.56 Å². The average molecular weight is 270 g/mol. The van der Waals surface area contributed by atoms with Crippen molar-refractivity contribution in [1.29, 1.82) is 0 Å². The van der Waals surface area contributed by atoms with E-state index in [1.807, 2.05) is 19.1 Å². The summed E-state index contributed by atoms with van der Waals surface area (Å²) in [6.45, 7) is 1.94. The van der Waals surface area contributed by atoms with Gasteiger partial charge in [0.15, 0.2) is 0 Å². The zero-order valence-electron chi connectivity index (χ0n) is 10.9. The minimum atomic E-state index is -0.334. The molecule has 2 rings (SSSR count). The largest absolute Gasteiger partial charge is 0.508 e. The molecule has 3 N–H and O–H groups in total. The van der Waals surface area contributed by atoms with Gasteiger partial charge in [-0.15, -0.1) is 0 Å². The van der Waals surface area contributed by atoms with E-state index < -0.39 is 0 Å². The van der Waals surface area contributed by atoms with Gasteiger partial charge in [0, 0.05) is 17.2 Å². The molecule has 0 atom stereocenters. The maximum absolute atomic E-state index is 11.8. The van der Waals surface area contributed by atoms with Crippen LogP contribution in [0.4, 0.5) is 0 Å². The van der Waals surface area contributed by atoms with E-state index in [1.165, 1.54) is 24.4 Å². The van der Waals surface area contributed by atoms with Gasteiger partial charge >= 0.3 is 0 Å². The van der Waals surface area contributed by atoms with Crippen LogP contribution in [0.5, 0.6) is 11.5 Å². The SMILES string of the molecule is Cc1ccc(C(=O)N/N=C/c2ccc(O)cc2O)cc1. The van der Waals surface area contributed by atoms with Crippen molar-refractivity contribution in [3.8, 4) is 11.5 Å². The lowest BCUT2D eigenvalue weighted by Crippen LogP contribution is -2.17. The molecule has 20 heavy (non-hydrogen) atoms. The molecule has 2 aromatic carbocycles. The first-order valence-corrected chi connectivity index (χ1v) is 5.98. The minimum Gasteiger partial charge on any atom is -0.508 e. The molecule has 0 fully saturated rings. The van der Waals surface area contributed by atoms with Crippen molar-refractivity contribution >= 4 is 12.1 Å². The number of amides is 1. The summed E-state index contributed by atoms with van der Waals surface area (Å²) in [4.78, 5) is 11.8. The average Bonchev–Trinajstić information content (AvgIpc) is 2.42. The lowest BCUT2D eigenvalue weighted by molar-refractivity contribution is 0.0955. The Morgan fingerprint density at radius 1 is 1.15 bits per heavy atom. The van der Waals surface area contributed by atoms with Crippen LogP contribution >= 0.6 is 0 Å². The van der Waals surface area contributed by atoms with Crippen LogP contribution in [0.3, 0.4) is 0 Å². The Kier molecular flexibility index (Phi) is 4.00. The van der Waals surface area contributed by atoms with Gasteiger partial charge in [-0.3, -0.25) is 4.79 Å². The van der Waals surface area contributed by atoms with Crippen molar-refractivity contribution in [2.45, 2.75) is 6.92 Å². The number of phenols is 2. The number of nitrogens with zero attached hydrogens (tertiary/aromatic N) is 1. The maximum Gasteiger partial charge on any atom is 0.271 e. The van der Waals surface area contributed by atoms with Gasteiger partial charge in [-0.1, -0.05) is 17.7 Å². The summed E-state index contributed by atoms with van der Waals surface area (Å²) in [5.41, 5.74) is 4.33. The summed E-state index contributed by atoms with van der Waals surface area (Å²) in [6.07, 6.45) is 1.31. The van der Waals surface area contributed by atoms with Crippen molar-refractivity contribution in [2.24, 2.45) is 5.10 Å². The normalized spacial score (nSPS) is 10.7. The zero-order valence-corrected chi connectivity index (χ0v) is 10.9. The molecule has 0 aliphatic rings. The zero-order chi connectivity index (χ0) is 14.5. The molecule has 0 aliphatic carbocycles. The van der Waals surface area contributed by atoms with Crippen LogP contribution in [-0.4, -0.2) is 22.3 Å². The Hall–Kier alpha value is -2.82. The molecule has 2 aromatic rings. The molecule has 0 unspecified atom stereocenters. The molecule has 102 valence electrons. The van der Waals surface area contributed by atoms with Gasteiger partial charge in [-0.2, -0.15) is 5.10 Å². The number of phenolic OH excluding ortho intramolecular Hbond substituents is 2. The fraction of sp³-hybridized carbons (Fsp3) is 0.0667. The highest BCUT2D eigenvalue weighted by Gasteiger charge is 2.03. The summed E-state index contributed by atoms with van der Waals surface area (Å²) < 4.78 is 0. The van der Waals surface area contributed by atoms with Crippen LogP contribution < -0.4 is 5.43 Å². The van der Waals surface area contributed by atoms with E-state index in [2.05, 4.69) is 10.5 Å². The molecule has 5 heteroatoms. The van der Waals surface area contributed by atoms with Crippen LogP contribution in [0, 0.1) is 6.92 Å². The van der Waals surface area contributed by atoms with Crippen molar-refractivity contribution in [3.05, 3.63) is 59.2 Å². The molecular weight excluding hydrogens is 256 g/mol. The number of rotatable bonds is 3. The number of aromatic hydroxyl groups is 2. The number of hydrazone groups is 1. The smallest absolute Gasteiger partial charge is 0.271 e. The van der Waals surface area contributed by atoms with Crippen molar-refractivity contribution < 1.29 is 15.0 Å². The van der Waals surface area contributed by atoms with E-state index >= 15 is 0 Å². The molecule has 0 spiro atoms. The Morgan fingerprint density at radius 2 is 1.85 bits per heavy atom. The number of hydrogen-bond donors (Lipinski definition) is 3. The standard InChI is InChI=1S/C15H14N2O3/c1-10-2-4-11(5-3-10)15(20)17-16-9-12-6-7-13(18)8-14(12)19/h2-9,18-19H,1H3,(H,17,20)/b16-9+. The van der Waals surface area contributed by atoms with Gasteiger partial charge < -0.3 is 10.2 Å². The molecule has 0 aliphatic heterocycles. The van der Waals surface area contributed by atoms with Crippen molar-refractivity contribution in [2.75, 3.05) is 0 Å². The molecule has 1 amide bonds. The van der Waals surface area contributed by atoms with Crippen LogP contribution in [0.25, 0.3) is 0 Å². The monoisotopic (exact) mass is 270 g/mol. The Bertz CT molecular complexity index is 649. The van der Waals surface area contributed by atoms with Crippen molar-refractivity contribution in [3.63, 3.8) is 0 Å².